The summed E-state index contributed by atoms with van der Waals surface area (Å²) in [5.74, 6) is 1.46. The second-order valence-corrected chi connectivity index (χ2v) is 9.95. The number of hydrogen-bond acceptors (Lipinski definition) is 2. The van der Waals surface area contributed by atoms with Crippen LogP contribution in [0.1, 0.15) is 81.6 Å². The van der Waals surface area contributed by atoms with Gasteiger partial charge in [-0.25, -0.2) is 0 Å². The normalized spacial score (nSPS) is 20.0. The average molecular weight is 429 g/mol. The number of nitrogens with zero attached hydrogens (tertiary/aromatic N) is 1. The van der Waals surface area contributed by atoms with Crippen LogP contribution in [0.2, 0.25) is 0 Å². The molecule has 0 heterocycles. The summed E-state index contributed by atoms with van der Waals surface area (Å²) in [6.45, 7) is 11.1. The predicted molar refractivity (Wildman–Crippen MR) is 132 cm³/mol. The molecule has 3 atom stereocenters. The molecule has 1 saturated carbocycles. The van der Waals surface area contributed by atoms with Crippen molar-refractivity contribution >= 4 is 20.5 Å². The van der Waals surface area contributed by atoms with Gasteiger partial charge in [0.1, 0.15) is 0 Å². The Kier molecular flexibility index (Phi) is 8.96. The van der Waals surface area contributed by atoms with Crippen molar-refractivity contribution in [3.63, 3.8) is 0 Å². The number of unbranched alkanes of at least 4 members (excludes halogenated alkanes) is 2. The van der Waals surface area contributed by atoms with Crippen LogP contribution in [0.15, 0.2) is 29.3 Å². The Hall–Kier alpha value is -1.18. The van der Waals surface area contributed by atoms with E-state index in [-0.39, 0.29) is 5.91 Å². The Balaban J connectivity index is 1.48. The van der Waals surface area contributed by atoms with Gasteiger partial charge in [0.15, 0.2) is 0 Å². The van der Waals surface area contributed by atoms with E-state index in [1.165, 1.54) is 62.8 Å². The van der Waals surface area contributed by atoms with E-state index >= 15 is 0 Å². The summed E-state index contributed by atoms with van der Waals surface area (Å²) in [5, 5.41) is 4.20. The number of aryl methyl sites for hydroxylation is 1. The van der Waals surface area contributed by atoms with Gasteiger partial charge in [-0.3, -0.25) is 4.79 Å². The highest BCUT2D eigenvalue weighted by Crippen LogP contribution is 2.53. The minimum atomic E-state index is 0.0763. The Morgan fingerprint density at radius 2 is 1.93 bits per heavy atom. The van der Waals surface area contributed by atoms with E-state index in [2.05, 4.69) is 58.4 Å². The maximum absolute atomic E-state index is 12.8. The lowest BCUT2D eigenvalue weighted by molar-refractivity contribution is 0.0950. The van der Waals surface area contributed by atoms with E-state index in [0.29, 0.717) is 5.92 Å². The summed E-state index contributed by atoms with van der Waals surface area (Å²) in [6.07, 6.45) is 9.87. The molecule has 0 spiro atoms. The number of rotatable bonds is 13. The number of fused-ring (bicyclic) bond motifs is 1. The first kappa shape index (κ1) is 23.5. The molecular weight excluding hydrogens is 387 g/mol. The van der Waals surface area contributed by atoms with Crippen molar-refractivity contribution in [2.45, 2.75) is 72.1 Å². The molecule has 2 aliphatic carbocycles. The first-order chi connectivity index (χ1) is 14.5. The second kappa shape index (κ2) is 11.4. The Bertz CT molecular complexity index is 757. The van der Waals surface area contributed by atoms with Crippen molar-refractivity contribution in [3.05, 3.63) is 40.5 Å². The molecule has 0 radical (unpaired) electrons. The minimum absolute atomic E-state index is 0.0763. The molecule has 1 N–H and O–H groups in total. The van der Waals surface area contributed by atoms with Gasteiger partial charge in [0.2, 0.25) is 0 Å². The smallest absolute Gasteiger partial charge is 0.251 e. The third-order valence-electron chi connectivity index (χ3n) is 6.92. The molecule has 2 aliphatic rings. The molecule has 0 saturated heterocycles. The SMILES string of the molecule is CCCCCN(CCC)CCCc1ccc(P)c(C(=O)NCC2CC3CC3=C2C)c1. The summed E-state index contributed by atoms with van der Waals surface area (Å²) in [7, 11) is 2.73. The summed E-state index contributed by atoms with van der Waals surface area (Å²) in [5.41, 5.74) is 5.29. The van der Waals surface area contributed by atoms with Crippen molar-refractivity contribution in [1.29, 1.82) is 0 Å². The number of amides is 1. The number of allylic oxidation sites excluding steroid dienone is 1. The molecule has 4 heteroatoms. The van der Waals surface area contributed by atoms with Crippen LogP contribution in [-0.4, -0.2) is 37.0 Å². The van der Waals surface area contributed by atoms with Gasteiger partial charge < -0.3 is 10.2 Å². The lowest BCUT2D eigenvalue weighted by Gasteiger charge is -2.21. The molecular formula is C26H41N2OP. The maximum atomic E-state index is 12.8. The van der Waals surface area contributed by atoms with E-state index in [4.69, 9.17) is 0 Å². The number of benzene rings is 1. The first-order valence-electron chi connectivity index (χ1n) is 12.1. The van der Waals surface area contributed by atoms with Crippen LogP contribution in [0.3, 0.4) is 0 Å². The van der Waals surface area contributed by atoms with E-state index in [1.54, 1.807) is 5.57 Å². The van der Waals surface area contributed by atoms with Gasteiger partial charge in [-0.2, -0.15) is 0 Å². The van der Waals surface area contributed by atoms with Crippen LogP contribution < -0.4 is 10.6 Å². The van der Waals surface area contributed by atoms with Gasteiger partial charge in [0.05, 0.1) is 0 Å². The fourth-order valence-corrected chi connectivity index (χ4v) is 5.26. The van der Waals surface area contributed by atoms with Gasteiger partial charge in [0.25, 0.3) is 5.91 Å². The van der Waals surface area contributed by atoms with Crippen molar-refractivity contribution in [3.8, 4) is 0 Å². The molecule has 0 bridgehead atoms. The summed E-state index contributed by atoms with van der Waals surface area (Å²) in [4.78, 5) is 15.4. The molecule has 3 rings (SSSR count). The van der Waals surface area contributed by atoms with Crippen LogP contribution >= 0.6 is 9.24 Å². The Morgan fingerprint density at radius 1 is 1.13 bits per heavy atom. The van der Waals surface area contributed by atoms with Crippen LogP contribution in [0, 0.1) is 11.8 Å². The third-order valence-corrected chi connectivity index (χ3v) is 7.42. The molecule has 0 aromatic heterocycles. The standard InChI is InChI=1S/C26H41N2OP/c1-4-6-7-13-28(12-5-2)14-8-9-20-10-11-25(30)24(15-20)26(29)27-18-22-16-21-17-23(21)19(22)3/h10-11,15,21-22H,4-9,12-14,16-18,30H2,1-3H3,(H,27,29). The lowest BCUT2D eigenvalue weighted by atomic mass is 9.99. The maximum Gasteiger partial charge on any atom is 0.251 e. The first-order valence-corrected chi connectivity index (χ1v) is 12.7. The predicted octanol–water partition coefficient (Wildman–Crippen LogP) is 5.11. The summed E-state index contributed by atoms with van der Waals surface area (Å²) >= 11 is 0. The topological polar surface area (TPSA) is 32.3 Å². The molecule has 1 amide bonds. The Labute approximate surface area is 186 Å². The van der Waals surface area contributed by atoms with Gasteiger partial charge in [-0.15, -0.1) is 9.24 Å². The van der Waals surface area contributed by atoms with E-state index in [9.17, 15) is 4.79 Å². The van der Waals surface area contributed by atoms with Crippen LogP contribution in [-0.2, 0) is 6.42 Å². The summed E-state index contributed by atoms with van der Waals surface area (Å²) < 4.78 is 0. The van der Waals surface area contributed by atoms with E-state index in [0.717, 1.165) is 42.7 Å². The molecule has 1 aromatic carbocycles. The van der Waals surface area contributed by atoms with E-state index < -0.39 is 0 Å². The summed E-state index contributed by atoms with van der Waals surface area (Å²) in [6, 6.07) is 6.37. The third kappa shape index (κ3) is 6.41. The van der Waals surface area contributed by atoms with Gasteiger partial charge in [-0.1, -0.05) is 50.0 Å². The Morgan fingerprint density at radius 3 is 2.63 bits per heavy atom. The van der Waals surface area contributed by atoms with Crippen LogP contribution in [0.4, 0.5) is 0 Å². The molecule has 3 unspecified atom stereocenters. The van der Waals surface area contributed by atoms with Crippen LogP contribution in [0.25, 0.3) is 0 Å². The van der Waals surface area contributed by atoms with Gasteiger partial charge >= 0.3 is 0 Å². The fraction of sp³-hybridized carbons (Fsp3) is 0.654. The van der Waals surface area contributed by atoms with Crippen LogP contribution in [0.5, 0.6) is 0 Å². The largest absolute Gasteiger partial charge is 0.351 e. The highest BCUT2D eigenvalue weighted by Gasteiger charge is 2.41. The fourth-order valence-electron chi connectivity index (χ4n) is 4.94. The number of carbonyl (C=O) groups excluding carboxylic acids is 1. The van der Waals surface area contributed by atoms with Crippen molar-refractivity contribution in [1.82, 2.24) is 10.2 Å². The number of hydrogen-bond donors (Lipinski definition) is 1. The van der Waals surface area contributed by atoms with Crippen molar-refractivity contribution in [2.24, 2.45) is 11.8 Å². The zero-order valence-corrected chi connectivity index (χ0v) is 20.5. The molecule has 166 valence electrons. The minimum Gasteiger partial charge on any atom is -0.351 e. The second-order valence-electron chi connectivity index (χ2n) is 9.33. The highest BCUT2D eigenvalue weighted by atomic mass is 31.0. The monoisotopic (exact) mass is 428 g/mol. The van der Waals surface area contributed by atoms with Crippen molar-refractivity contribution < 1.29 is 4.79 Å². The van der Waals surface area contributed by atoms with Gasteiger partial charge in [-0.05, 0) is 93.9 Å². The van der Waals surface area contributed by atoms with E-state index in [1.807, 2.05) is 0 Å². The zero-order valence-electron chi connectivity index (χ0n) is 19.3. The lowest BCUT2D eigenvalue weighted by Crippen LogP contribution is -2.31. The van der Waals surface area contributed by atoms with Crippen molar-refractivity contribution in [2.75, 3.05) is 26.2 Å². The zero-order chi connectivity index (χ0) is 21.5. The molecule has 3 nitrogen and oxygen atoms in total. The molecule has 30 heavy (non-hydrogen) atoms. The average Bonchev–Trinajstić information content (AvgIpc) is 3.44. The molecule has 1 aromatic rings. The molecule has 0 aliphatic heterocycles. The quantitative estimate of drug-likeness (QED) is 0.269. The number of carbonyl (C=O) groups is 1. The van der Waals surface area contributed by atoms with Gasteiger partial charge in [0, 0.05) is 12.1 Å². The molecule has 1 fully saturated rings. The highest BCUT2D eigenvalue weighted by molar-refractivity contribution is 7.27. The number of nitrogens with one attached hydrogen (secondary N) is 1.